The first-order valence-corrected chi connectivity index (χ1v) is 6.35. The van der Waals surface area contributed by atoms with Gasteiger partial charge in [-0.3, -0.25) is 10.1 Å². The van der Waals surface area contributed by atoms with E-state index in [1.807, 2.05) is 0 Å². The Morgan fingerprint density at radius 1 is 1.33 bits per heavy atom. The molecule has 2 aromatic carbocycles. The molecule has 0 aliphatic rings. The second-order valence-corrected chi connectivity index (χ2v) is 4.75. The quantitative estimate of drug-likeness (QED) is 0.677. The van der Waals surface area contributed by atoms with Crippen molar-refractivity contribution in [2.75, 3.05) is 0 Å². The van der Waals surface area contributed by atoms with Gasteiger partial charge in [0.25, 0.3) is 0 Å². The summed E-state index contributed by atoms with van der Waals surface area (Å²) in [6, 6.07) is 7.89. The van der Waals surface area contributed by atoms with Gasteiger partial charge in [0.1, 0.15) is 11.5 Å². The number of benzene rings is 2. The smallest absolute Gasteiger partial charge is 0.305 e. The predicted molar refractivity (Wildman–Crippen MR) is 75.2 cm³/mol. The molecule has 0 saturated heterocycles. The number of rotatable bonds is 4. The fraction of sp³-hybridized carbons (Fsp3) is 0.143. The van der Waals surface area contributed by atoms with Crippen molar-refractivity contribution >= 4 is 17.3 Å². The Morgan fingerprint density at radius 2 is 2.05 bits per heavy atom. The van der Waals surface area contributed by atoms with Gasteiger partial charge < -0.3 is 9.84 Å². The summed E-state index contributed by atoms with van der Waals surface area (Å²) in [5.41, 5.74) is -0.0138. The van der Waals surface area contributed by atoms with Crippen LogP contribution >= 0.6 is 11.6 Å². The first kappa shape index (κ1) is 15.2. The van der Waals surface area contributed by atoms with E-state index in [1.165, 1.54) is 18.2 Å². The fourth-order valence-corrected chi connectivity index (χ4v) is 1.91. The third-order valence-electron chi connectivity index (χ3n) is 2.78. The van der Waals surface area contributed by atoms with Crippen molar-refractivity contribution in [3.63, 3.8) is 0 Å². The summed E-state index contributed by atoms with van der Waals surface area (Å²) in [6.45, 7) is 1.60. The molecule has 5 nitrogen and oxygen atoms in total. The molecule has 0 amide bonds. The lowest BCUT2D eigenvalue weighted by Gasteiger charge is -2.10. The second kappa shape index (κ2) is 6.07. The van der Waals surface area contributed by atoms with Crippen molar-refractivity contribution < 1.29 is 19.2 Å². The van der Waals surface area contributed by atoms with Crippen LogP contribution in [0.3, 0.4) is 0 Å². The molecular weight excluding hydrogens is 301 g/mol. The van der Waals surface area contributed by atoms with Crippen LogP contribution in [0.5, 0.6) is 11.5 Å². The molecule has 0 aliphatic heterocycles. The van der Waals surface area contributed by atoms with Crippen molar-refractivity contribution in [1.29, 1.82) is 0 Å². The van der Waals surface area contributed by atoms with Crippen LogP contribution in [0, 0.1) is 15.9 Å². The maximum Gasteiger partial charge on any atom is 0.305 e. The minimum Gasteiger partial charge on any atom is -0.456 e. The number of nitro groups is 1. The van der Waals surface area contributed by atoms with Gasteiger partial charge in [-0.05, 0) is 30.7 Å². The highest BCUT2D eigenvalue weighted by atomic mass is 35.5. The zero-order valence-electron chi connectivity index (χ0n) is 10.9. The second-order valence-electron chi connectivity index (χ2n) is 4.34. The minimum atomic E-state index is -0.991. The highest BCUT2D eigenvalue weighted by Gasteiger charge is 2.15. The van der Waals surface area contributed by atoms with Crippen LogP contribution in [0.2, 0.25) is 5.02 Å². The van der Waals surface area contributed by atoms with E-state index in [0.29, 0.717) is 5.56 Å². The number of nitrogens with zero attached hydrogens (tertiary/aromatic N) is 1. The van der Waals surface area contributed by atoms with E-state index in [9.17, 15) is 19.6 Å². The van der Waals surface area contributed by atoms with Crippen molar-refractivity contribution in [1.82, 2.24) is 0 Å². The Kier molecular flexibility index (Phi) is 4.40. The van der Waals surface area contributed by atoms with Gasteiger partial charge in [0.05, 0.1) is 16.0 Å². The highest BCUT2D eigenvalue weighted by molar-refractivity contribution is 6.32. The lowest BCUT2D eigenvalue weighted by molar-refractivity contribution is -0.387. The van der Waals surface area contributed by atoms with Crippen LogP contribution in [0.4, 0.5) is 10.1 Å². The van der Waals surface area contributed by atoms with E-state index in [1.54, 1.807) is 13.0 Å². The first-order chi connectivity index (χ1) is 9.88. The van der Waals surface area contributed by atoms with Gasteiger partial charge in [-0.25, -0.2) is 0 Å². The highest BCUT2D eigenvalue weighted by Crippen LogP contribution is 2.33. The number of hydrogen-bond acceptors (Lipinski definition) is 4. The van der Waals surface area contributed by atoms with Crippen molar-refractivity contribution in [2.45, 2.75) is 13.0 Å². The third kappa shape index (κ3) is 3.48. The summed E-state index contributed by atoms with van der Waals surface area (Å²) < 4.78 is 18.9. The molecule has 110 valence electrons. The van der Waals surface area contributed by atoms with E-state index in [2.05, 4.69) is 0 Å². The minimum absolute atomic E-state index is 0.0878. The molecule has 1 N–H and O–H groups in total. The van der Waals surface area contributed by atoms with Crippen LogP contribution in [0.1, 0.15) is 18.6 Å². The Bertz CT molecular complexity index is 691. The van der Waals surface area contributed by atoms with Gasteiger partial charge >= 0.3 is 5.69 Å². The molecule has 0 radical (unpaired) electrons. The van der Waals surface area contributed by atoms with Crippen LogP contribution < -0.4 is 4.74 Å². The van der Waals surface area contributed by atoms with Crippen molar-refractivity contribution in [3.8, 4) is 11.5 Å². The van der Waals surface area contributed by atoms with Crippen molar-refractivity contribution in [2.24, 2.45) is 0 Å². The third-order valence-corrected chi connectivity index (χ3v) is 3.08. The molecule has 0 saturated carbocycles. The molecule has 2 rings (SSSR count). The number of aliphatic hydroxyl groups excluding tert-OH is 1. The summed E-state index contributed by atoms with van der Waals surface area (Å²) in [5, 5.41) is 20.2. The molecular formula is C14H11ClFNO4. The van der Waals surface area contributed by atoms with Gasteiger partial charge in [0.2, 0.25) is 5.82 Å². The van der Waals surface area contributed by atoms with Crippen LogP contribution in [-0.2, 0) is 0 Å². The molecule has 1 atom stereocenters. The summed E-state index contributed by atoms with van der Waals surface area (Å²) in [5.74, 6) is -0.645. The fourth-order valence-electron chi connectivity index (χ4n) is 1.69. The molecule has 0 spiro atoms. The van der Waals surface area contributed by atoms with Crippen LogP contribution in [0.15, 0.2) is 36.4 Å². The zero-order valence-corrected chi connectivity index (χ0v) is 11.7. The van der Waals surface area contributed by atoms with E-state index >= 15 is 0 Å². The molecule has 0 heterocycles. The Balaban J connectivity index is 2.26. The molecule has 2 aromatic rings. The summed E-state index contributed by atoms with van der Waals surface area (Å²) >= 11 is 6.01. The van der Waals surface area contributed by atoms with E-state index in [4.69, 9.17) is 16.3 Å². The average Bonchev–Trinajstić information content (AvgIpc) is 2.40. The summed E-state index contributed by atoms with van der Waals surface area (Å²) in [4.78, 5) is 9.71. The number of aliphatic hydroxyl groups is 1. The number of nitro benzene ring substituents is 1. The Hall–Kier alpha value is -2.18. The Labute approximate surface area is 124 Å². The average molecular weight is 312 g/mol. The predicted octanol–water partition coefficient (Wildman–Crippen LogP) is 4.23. The standard InChI is InChI=1S/C14H11ClFNO4/c1-8(18)9-2-5-14(11(15)6-9)21-10-3-4-13(17(19)20)12(16)7-10/h2-8,18H,1H3/t8-/m0/s1. The van der Waals surface area contributed by atoms with Crippen LogP contribution in [-0.4, -0.2) is 10.0 Å². The lowest BCUT2D eigenvalue weighted by Crippen LogP contribution is -1.94. The SMILES string of the molecule is C[C@H](O)c1ccc(Oc2ccc([N+](=O)[O-])c(F)c2)c(Cl)c1. The Morgan fingerprint density at radius 3 is 2.57 bits per heavy atom. The van der Waals surface area contributed by atoms with E-state index < -0.39 is 22.5 Å². The van der Waals surface area contributed by atoms with Gasteiger partial charge in [0.15, 0.2) is 0 Å². The zero-order chi connectivity index (χ0) is 15.6. The monoisotopic (exact) mass is 311 g/mol. The maximum absolute atomic E-state index is 13.5. The number of halogens is 2. The molecule has 0 bridgehead atoms. The first-order valence-electron chi connectivity index (χ1n) is 5.98. The van der Waals surface area contributed by atoms with E-state index in [0.717, 1.165) is 12.1 Å². The lowest BCUT2D eigenvalue weighted by atomic mass is 10.1. The van der Waals surface area contributed by atoms with Gasteiger partial charge in [0, 0.05) is 12.1 Å². The number of ether oxygens (including phenoxy) is 1. The van der Waals surface area contributed by atoms with Gasteiger partial charge in [-0.15, -0.1) is 0 Å². The maximum atomic E-state index is 13.5. The molecule has 7 heteroatoms. The normalized spacial score (nSPS) is 12.0. The number of hydrogen-bond donors (Lipinski definition) is 1. The van der Waals surface area contributed by atoms with Gasteiger partial charge in [-0.2, -0.15) is 4.39 Å². The van der Waals surface area contributed by atoms with Gasteiger partial charge in [-0.1, -0.05) is 17.7 Å². The van der Waals surface area contributed by atoms with Crippen molar-refractivity contribution in [3.05, 3.63) is 62.9 Å². The summed E-state index contributed by atoms with van der Waals surface area (Å²) in [7, 11) is 0. The largest absolute Gasteiger partial charge is 0.456 e. The molecule has 21 heavy (non-hydrogen) atoms. The topological polar surface area (TPSA) is 72.6 Å². The molecule has 0 aliphatic carbocycles. The summed E-state index contributed by atoms with van der Waals surface area (Å²) in [6.07, 6.45) is -0.673. The molecule has 0 unspecified atom stereocenters. The van der Waals surface area contributed by atoms with Crippen LogP contribution in [0.25, 0.3) is 0 Å². The molecule has 0 fully saturated rings. The van der Waals surface area contributed by atoms with E-state index in [-0.39, 0.29) is 16.5 Å². The molecule has 0 aromatic heterocycles.